The first-order valence-corrected chi connectivity index (χ1v) is 6.61. The molecular weight excluding hydrogens is 240 g/mol. The Morgan fingerprint density at radius 3 is 2.63 bits per heavy atom. The average molecular weight is 262 g/mol. The van der Waals surface area contributed by atoms with Gasteiger partial charge in [-0.3, -0.25) is 0 Å². The number of amides is 1. The molecule has 1 heterocycles. The number of carbonyl (C=O) groups excluding carboxylic acids is 1. The van der Waals surface area contributed by atoms with E-state index in [-0.39, 0.29) is 11.6 Å². The first kappa shape index (κ1) is 13.7. The summed E-state index contributed by atoms with van der Waals surface area (Å²) in [4.78, 5) is 15.8. The predicted molar refractivity (Wildman–Crippen MR) is 76.6 cm³/mol. The third-order valence-corrected chi connectivity index (χ3v) is 3.65. The Bertz CT molecular complexity index is 471. The number of carbonyl (C=O) groups is 1. The minimum Gasteiger partial charge on any atom is -0.453 e. The molecule has 0 bridgehead atoms. The van der Waals surface area contributed by atoms with Crippen molar-refractivity contribution in [2.75, 3.05) is 31.6 Å². The molecule has 0 aromatic heterocycles. The number of hydrogen-bond donors (Lipinski definition) is 0. The van der Waals surface area contributed by atoms with E-state index in [0.717, 1.165) is 6.54 Å². The lowest BCUT2D eigenvalue weighted by Gasteiger charge is -2.48. The fourth-order valence-electron chi connectivity index (χ4n) is 2.71. The van der Waals surface area contributed by atoms with Crippen LogP contribution in [0.4, 0.5) is 10.5 Å². The highest BCUT2D eigenvalue weighted by atomic mass is 16.5. The fourth-order valence-corrected chi connectivity index (χ4v) is 2.71. The van der Waals surface area contributed by atoms with Gasteiger partial charge in [-0.1, -0.05) is 12.1 Å². The second kappa shape index (κ2) is 5.11. The predicted octanol–water partition coefficient (Wildman–Crippen LogP) is 2.66. The van der Waals surface area contributed by atoms with E-state index in [0.29, 0.717) is 13.1 Å². The monoisotopic (exact) mass is 262 g/mol. The maximum atomic E-state index is 11.6. The molecule has 0 aliphatic carbocycles. The zero-order chi connectivity index (χ0) is 14.0. The molecule has 1 aromatic rings. The molecule has 1 aromatic carbocycles. The van der Waals surface area contributed by atoms with Crippen molar-refractivity contribution < 1.29 is 9.53 Å². The Balaban J connectivity index is 2.19. The first-order valence-electron chi connectivity index (χ1n) is 6.61. The highest BCUT2D eigenvalue weighted by Crippen LogP contribution is 2.28. The van der Waals surface area contributed by atoms with E-state index in [9.17, 15) is 4.79 Å². The number of methoxy groups -OCH3 is 1. The van der Waals surface area contributed by atoms with Gasteiger partial charge in [0, 0.05) is 25.3 Å². The summed E-state index contributed by atoms with van der Waals surface area (Å²) >= 11 is 0. The summed E-state index contributed by atoms with van der Waals surface area (Å²) in [5.74, 6) is 0. The van der Waals surface area contributed by atoms with Gasteiger partial charge in [-0.15, -0.1) is 0 Å². The van der Waals surface area contributed by atoms with Gasteiger partial charge in [-0.05, 0) is 38.5 Å². The lowest BCUT2D eigenvalue weighted by atomic mass is 9.97. The molecule has 0 saturated carbocycles. The Kier molecular flexibility index (Phi) is 3.69. The van der Waals surface area contributed by atoms with E-state index in [1.54, 1.807) is 4.90 Å². The van der Waals surface area contributed by atoms with Crippen LogP contribution in [0.3, 0.4) is 0 Å². The molecule has 104 valence electrons. The van der Waals surface area contributed by atoms with Gasteiger partial charge < -0.3 is 14.5 Å². The quantitative estimate of drug-likeness (QED) is 0.780. The number of ether oxygens (including phenoxy) is 1. The number of piperazine rings is 1. The number of anilines is 1. The van der Waals surface area contributed by atoms with Gasteiger partial charge in [0.25, 0.3) is 0 Å². The molecule has 1 aliphatic rings. The number of aryl methyl sites for hydroxylation is 1. The SMILES string of the molecule is COC(=O)N1CCN(c2cccc(C)c2)C(C)(C)C1. The summed E-state index contributed by atoms with van der Waals surface area (Å²) in [5, 5.41) is 0. The van der Waals surface area contributed by atoms with Crippen molar-refractivity contribution in [1.82, 2.24) is 4.90 Å². The van der Waals surface area contributed by atoms with Crippen LogP contribution in [-0.4, -0.2) is 43.3 Å². The summed E-state index contributed by atoms with van der Waals surface area (Å²) < 4.78 is 4.81. The minimum absolute atomic E-state index is 0.0970. The molecule has 1 fully saturated rings. The molecule has 1 amide bonds. The van der Waals surface area contributed by atoms with E-state index < -0.39 is 0 Å². The van der Waals surface area contributed by atoms with Crippen molar-refractivity contribution in [3.05, 3.63) is 29.8 Å². The zero-order valence-electron chi connectivity index (χ0n) is 12.1. The van der Waals surface area contributed by atoms with Crippen molar-refractivity contribution in [2.24, 2.45) is 0 Å². The van der Waals surface area contributed by atoms with E-state index in [2.05, 4.69) is 49.9 Å². The smallest absolute Gasteiger partial charge is 0.409 e. The number of nitrogens with zero attached hydrogens (tertiary/aromatic N) is 2. The van der Waals surface area contributed by atoms with E-state index in [1.165, 1.54) is 18.4 Å². The van der Waals surface area contributed by atoms with E-state index >= 15 is 0 Å². The van der Waals surface area contributed by atoms with Crippen LogP contribution in [0.25, 0.3) is 0 Å². The zero-order valence-corrected chi connectivity index (χ0v) is 12.1. The van der Waals surface area contributed by atoms with Crippen LogP contribution in [0.1, 0.15) is 19.4 Å². The molecule has 2 rings (SSSR count). The Morgan fingerprint density at radius 1 is 1.32 bits per heavy atom. The molecule has 4 nitrogen and oxygen atoms in total. The molecule has 4 heteroatoms. The van der Waals surface area contributed by atoms with Crippen molar-refractivity contribution in [1.29, 1.82) is 0 Å². The maximum absolute atomic E-state index is 11.6. The standard InChI is InChI=1S/C15H22N2O2/c1-12-6-5-7-13(10-12)17-9-8-16(14(18)19-4)11-15(17,2)3/h5-7,10H,8-9,11H2,1-4H3. The normalized spacial score (nSPS) is 18.3. The van der Waals surface area contributed by atoms with Gasteiger partial charge in [0.2, 0.25) is 0 Å². The van der Waals surface area contributed by atoms with Crippen LogP contribution >= 0.6 is 0 Å². The Labute approximate surface area is 115 Å². The molecule has 1 saturated heterocycles. The number of benzene rings is 1. The second-order valence-corrected chi connectivity index (χ2v) is 5.69. The van der Waals surface area contributed by atoms with Gasteiger partial charge >= 0.3 is 6.09 Å². The van der Waals surface area contributed by atoms with Crippen molar-refractivity contribution in [3.8, 4) is 0 Å². The summed E-state index contributed by atoms with van der Waals surface area (Å²) in [7, 11) is 1.43. The van der Waals surface area contributed by atoms with Crippen LogP contribution in [-0.2, 0) is 4.74 Å². The molecule has 0 spiro atoms. The second-order valence-electron chi connectivity index (χ2n) is 5.69. The largest absolute Gasteiger partial charge is 0.453 e. The Hall–Kier alpha value is -1.71. The van der Waals surface area contributed by atoms with Gasteiger partial charge in [0.05, 0.1) is 12.6 Å². The molecule has 19 heavy (non-hydrogen) atoms. The summed E-state index contributed by atoms with van der Waals surface area (Å²) in [6.45, 7) is 8.61. The van der Waals surface area contributed by atoms with Crippen LogP contribution in [0, 0.1) is 6.92 Å². The topological polar surface area (TPSA) is 32.8 Å². The highest BCUT2D eigenvalue weighted by molar-refractivity contribution is 5.68. The minimum atomic E-state index is -0.239. The van der Waals surface area contributed by atoms with Crippen LogP contribution < -0.4 is 4.90 Å². The van der Waals surface area contributed by atoms with Crippen molar-refractivity contribution in [3.63, 3.8) is 0 Å². The molecule has 0 atom stereocenters. The third kappa shape index (κ3) is 2.83. The fraction of sp³-hybridized carbons (Fsp3) is 0.533. The van der Waals surface area contributed by atoms with Gasteiger partial charge in [0.15, 0.2) is 0 Å². The van der Waals surface area contributed by atoms with E-state index in [4.69, 9.17) is 4.74 Å². The first-order chi connectivity index (χ1) is 8.94. The lowest BCUT2D eigenvalue weighted by Crippen LogP contribution is -2.60. The Morgan fingerprint density at radius 2 is 2.05 bits per heavy atom. The van der Waals surface area contributed by atoms with Crippen molar-refractivity contribution >= 4 is 11.8 Å². The van der Waals surface area contributed by atoms with Gasteiger partial charge in [-0.25, -0.2) is 4.79 Å². The molecule has 0 N–H and O–H groups in total. The van der Waals surface area contributed by atoms with Crippen LogP contribution in [0.15, 0.2) is 24.3 Å². The van der Waals surface area contributed by atoms with Crippen LogP contribution in [0.2, 0.25) is 0 Å². The van der Waals surface area contributed by atoms with Crippen molar-refractivity contribution in [2.45, 2.75) is 26.3 Å². The summed E-state index contributed by atoms with van der Waals surface area (Å²) in [6.07, 6.45) is -0.239. The molecular formula is C15H22N2O2. The lowest BCUT2D eigenvalue weighted by molar-refractivity contribution is 0.105. The number of hydrogen-bond acceptors (Lipinski definition) is 3. The number of rotatable bonds is 1. The van der Waals surface area contributed by atoms with Gasteiger partial charge in [0.1, 0.15) is 0 Å². The average Bonchev–Trinajstić information content (AvgIpc) is 2.36. The van der Waals surface area contributed by atoms with E-state index in [1.807, 2.05) is 0 Å². The summed E-state index contributed by atoms with van der Waals surface area (Å²) in [6, 6.07) is 8.49. The highest BCUT2D eigenvalue weighted by Gasteiger charge is 2.36. The third-order valence-electron chi connectivity index (χ3n) is 3.65. The summed E-state index contributed by atoms with van der Waals surface area (Å²) in [5.41, 5.74) is 2.37. The molecule has 0 unspecified atom stereocenters. The molecule has 0 radical (unpaired) electrons. The maximum Gasteiger partial charge on any atom is 0.409 e. The van der Waals surface area contributed by atoms with Gasteiger partial charge in [-0.2, -0.15) is 0 Å². The van der Waals surface area contributed by atoms with Crippen LogP contribution in [0.5, 0.6) is 0 Å². The molecule has 1 aliphatic heterocycles.